The maximum absolute atomic E-state index is 11.4. The second-order valence-electron chi connectivity index (χ2n) is 4.18. The van der Waals surface area contributed by atoms with Crippen molar-refractivity contribution in [1.29, 1.82) is 0 Å². The maximum Gasteiger partial charge on any atom is 0.226 e. The lowest BCUT2D eigenvalue weighted by Crippen LogP contribution is -2.24. The molecule has 1 N–H and O–H groups in total. The summed E-state index contributed by atoms with van der Waals surface area (Å²) in [5.41, 5.74) is 2.81. The summed E-state index contributed by atoms with van der Waals surface area (Å²) in [6, 6.07) is 9.79. The summed E-state index contributed by atoms with van der Waals surface area (Å²) in [4.78, 5) is 11.4. The van der Waals surface area contributed by atoms with Crippen LogP contribution in [0.5, 0.6) is 0 Å². The molecule has 18 heavy (non-hydrogen) atoms. The smallest absolute Gasteiger partial charge is 0.226 e. The Morgan fingerprint density at radius 2 is 2.06 bits per heavy atom. The van der Waals surface area contributed by atoms with Gasteiger partial charge >= 0.3 is 0 Å². The summed E-state index contributed by atoms with van der Waals surface area (Å²) in [6.45, 7) is 4.55. The normalized spacial score (nSPS) is 10.3. The van der Waals surface area contributed by atoms with E-state index in [0.29, 0.717) is 18.0 Å². The molecule has 0 unspecified atom stereocenters. The molecule has 0 aliphatic rings. The van der Waals surface area contributed by atoms with E-state index < -0.39 is 0 Å². The van der Waals surface area contributed by atoms with Gasteiger partial charge in [-0.15, -0.1) is 0 Å². The molecule has 0 bridgehead atoms. The molecule has 4 heteroatoms. The first-order valence-corrected chi connectivity index (χ1v) is 5.98. The van der Waals surface area contributed by atoms with Gasteiger partial charge in [0.2, 0.25) is 5.91 Å². The van der Waals surface area contributed by atoms with Crippen molar-refractivity contribution in [3.05, 3.63) is 41.6 Å². The highest BCUT2D eigenvalue weighted by Gasteiger charge is 2.09. The largest absolute Gasteiger partial charge is 0.356 e. The molecule has 0 atom stereocenters. The summed E-state index contributed by atoms with van der Waals surface area (Å²) in [6.07, 6.45) is 0.253. The molecule has 2 rings (SSSR count). The molecule has 0 fully saturated rings. The van der Waals surface area contributed by atoms with Gasteiger partial charge in [-0.3, -0.25) is 4.79 Å². The average molecular weight is 244 g/mol. The zero-order valence-electron chi connectivity index (χ0n) is 10.6. The van der Waals surface area contributed by atoms with Gasteiger partial charge < -0.3 is 9.84 Å². The van der Waals surface area contributed by atoms with Crippen LogP contribution < -0.4 is 5.32 Å². The van der Waals surface area contributed by atoms with Crippen LogP contribution in [0.1, 0.15) is 18.2 Å². The number of benzene rings is 1. The number of aromatic nitrogens is 1. The minimum Gasteiger partial charge on any atom is -0.356 e. The Labute approximate surface area is 106 Å². The Morgan fingerprint density at radius 3 is 2.72 bits per heavy atom. The number of aryl methyl sites for hydroxylation is 1. The molecule has 1 aromatic heterocycles. The molecule has 0 saturated carbocycles. The van der Waals surface area contributed by atoms with Crippen LogP contribution in [0.25, 0.3) is 11.3 Å². The third kappa shape index (κ3) is 2.97. The molecule has 0 aliphatic heterocycles. The summed E-state index contributed by atoms with van der Waals surface area (Å²) in [5.74, 6) is 0.649. The van der Waals surface area contributed by atoms with Gasteiger partial charge in [0.15, 0.2) is 5.76 Å². The fourth-order valence-electron chi connectivity index (χ4n) is 1.67. The standard InChI is InChI=1S/C14H16N2O2/c1-3-15-14(17)9-12-8-13(18-16-12)11-6-4-10(2)5-7-11/h4-8H,3,9H2,1-2H3,(H,15,17). The fraction of sp³-hybridized carbons (Fsp3) is 0.286. The molecular weight excluding hydrogens is 228 g/mol. The van der Waals surface area contributed by atoms with E-state index in [-0.39, 0.29) is 12.3 Å². The number of nitrogens with zero attached hydrogens (tertiary/aromatic N) is 1. The van der Waals surface area contributed by atoms with Gasteiger partial charge in [-0.05, 0) is 13.8 Å². The highest BCUT2D eigenvalue weighted by Crippen LogP contribution is 2.20. The van der Waals surface area contributed by atoms with E-state index in [2.05, 4.69) is 10.5 Å². The highest BCUT2D eigenvalue weighted by atomic mass is 16.5. The molecule has 1 amide bonds. The van der Waals surface area contributed by atoms with E-state index >= 15 is 0 Å². The Kier molecular flexibility index (Phi) is 3.77. The number of amides is 1. The molecule has 0 spiro atoms. The quantitative estimate of drug-likeness (QED) is 0.898. The molecule has 0 saturated heterocycles. The Bertz CT molecular complexity index is 529. The van der Waals surface area contributed by atoms with Crippen LogP contribution in [0.4, 0.5) is 0 Å². The van der Waals surface area contributed by atoms with E-state index in [4.69, 9.17) is 4.52 Å². The summed E-state index contributed by atoms with van der Waals surface area (Å²) in [5, 5.41) is 6.63. The van der Waals surface area contributed by atoms with Crippen molar-refractivity contribution in [1.82, 2.24) is 10.5 Å². The number of carbonyl (C=O) groups is 1. The van der Waals surface area contributed by atoms with Crippen LogP contribution in [-0.4, -0.2) is 17.6 Å². The van der Waals surface area contributed by atoms with Gasteiger partial charge in [-0.25, -0.2) is 0 Å². The summed E-state index contributed by atoms with van der Waals surface area (Å²) < 4.78 is 5.24. The van der Waals surface area contributed by atoms with E-state index in [1.807, 2.05) is 38.1 Å². The second-order valence-corrected chi connectivity index (χ2v) is 4.18. The van der Waals surface area contributed by atoms with Crippen molar-refractivity contribution in [2.75, 3.05) is 6.54 Å². The Balaban J connectivity index is 2.10. The lowest BCUT2D eigenvalue weighted by Gasteiger charge is -1.97. The monoisotopic (exact) mass is 244 g/mol. The van der Waals surface area contributed by atoms with Crippen molar-refractivity contribution in [3.8, 4) is 11.3 Å². The van der Waals surface area contributed by atoms with E-state index in [9.17, 15) is 4.79 Å². The zero-order valence-corrected chi connectivity index (χ0v) is 10.6. The third-order valence-corrected chi connectivity index (χ3v) is 2.61. The van der Waals surface area contributed by atoms with Crippen LogP contribution >= 0.6 is 0 Å². The average Bonchev–Trinajstić information content (AvgIpc) is 2.78. The van der Waals surface area contributed by atoms with Crippen LogP contribution in [0.3, 0.4) is 0 Å². The number of hydrogen-bond acceptors (Lipinski definition) is 3. The lowest BCUT2D eigenvalue weighted by molar-refractivity contribution is -0.120. The van der Waals surface area contributed by atoms with Crippen LogP contribution in [0.15, 0.2) is 34.9 Å². The first kappa shape index (κ1) is 12.4. The predicted molar refractivity (Wildman–Crippen MR) is 69.1 cm³/mol. The topological polar surface area (TPSA) is 55.1 Å². The van der Waals surface area contributed by atoms with Gasteiger partial charge in [-0.1, -0.05) is 35.0 Å². The Morgan fingerprint density at radius 1 is 1.33 bits per heavy atom. The van der Waals surface area contributed by atoms with Crippen LogP contribution in [0, 0.1) is 6.92 Å². The van der Waals surface area contributed by atoms with Crippen molar-refractivity contribution < 1.29 is 9.32 Å². The molecule has 2 aromatic rings. The zero-order chi connectivity index (χ0) is 13.0. The number of rotatable bonds is 4. The fourth-order valence-corrected chi connectivity index (χ4v) is 1.67. The van der Waals surface area contributed by atoms with Gasteiger partial charge in [0, 0.05) is 18.2 Å². The number of likely N-dealkylation sites (N-methyl/N-ethyl adjacent to an activating group) is 1. The number of hydrogen-bond donors (Lipinski definition) is 1. The predicted octanol–water partition coefficient (Wildman–Crippen LogP) is 2.33. The minimum absolute atomic E-state index is 0.0405. The van der Waals surface area contributed by atoms with Gasteiger partial charge in [0.05, 0.1) is 12.1 Å². The molecule has 4 nitrogen and oxygen atoms in total. The van der Waals surface area contributed by atoms with E-state index in [1.54, 1.807) is 6.07 Å². The van der Waals surface area contributed by atoms with Crippen molar-refractivity contribution in [3.63, 3.8) is 0 Å². The van der Waals surface area contributed by atoms with Crippen LogP contribution in [-0.2, 0) is 11.2 Å². The van der Waals surface area contributed by atoms with E-state index in [0.717, 1.165) is 5.56 Å². The van der Waals surface area contributed by atoms with Crippen molar-refractivity contribution >= 4 is 5.91 Å². The van der Waals surface area contributed by atoms with Crippen molar-refractivity contribution in [2.24, 2.45) is 0 Å². The first-order valence-electron chi connectivity index (χ1n) is 5.98. The number of nitrogens with one attached hydrogen (secondary N) is 1. The highest BCUT2D eigenvalue weighted by molar-refractivity contribution is 5.78. The number of carbonyl (C=O) groups excluding carboxylic acids is 1. The first-order chi connectivity index (χ1) is 8.69. The summed E-state index contributed by atoms with van der Waals surface area (Å²) in [7, 11) is 0. The summed E-state index contributed by atoms with van der Waals surface area (Å²) >= 11 is 0. The van der Waals surface area contributed by atoms with Gasteiger partial charge in [0.25, 0.3) is 0 Å². The second kappa shape index (κ2) is 5.49. The molecule has 1 aromatic carbocycles. The van der Waals surface area contributed by atoms with Gasteiger partial charge in [0.1, 0.15) is 0 Å². The van der Waals surface area contributed by atoms with Gasteiger partial charge in [-0.2, -0.15) is 0 Å². The molecule has 0 radical (unpaired) electrons. The molecule has 1 heterocycles. The molecule has 0 aliphatic carbocycles. The van der Waals surface area contributed by atoms with E-state index in [1.165, 1.54) is 5.56 Å². The van der Waals surface area contributed by atoms with Crippen LogP contribution in [0.2, 0.25) is 0 Å². The molecule has 94 valence electrons. The lowest BCUT2D eigenvalue weighted by atomic mass is 10.1. The Hall–Kier alpha value is -2.10. The maximum atomic E-state index is 11.4. The minimum atomic E-state index is -0.0405. The molecular formula is C14H16N2O2. The van der Waals surface area contributed by atoms with Crippen molar-refractivity contribution in [2.45, 2.75) is 20.3 Å². The SMILES string of the molecule is CCNC(=O)Cc1cc(-c2ccc(C)cc2)on1. The third-order valence-electron chi connectivity index (χ3n) is 2.61.